The van der Waals surface area contributed by atoms with E-state index in [2.05, 4.69) is 10.2 Å². The first-order valence-electron chi connectivity index (χ1n) is 9.17. The summed E-state index contributed by atoms with van der Waals surface area (Å²) in [5, 5.41) is 2.70. The summed E-state index contributed by atoms with van der Waals surface area (Å²) in [7, 11) is 1.73. The smallest absolute Gasteiger partial charge is 0.412 e. The third kappa shape index (κ3) is 3.90. The van der Waals surface area contributed by atoms with Crippen LogP contribution in [0.3, 0.4) is 0 Å². The van der Waals surface area contributed by atoms with E-state index < -0.39 is 11.9 Å². The minimum absolute atomic E-state index is 0.171. The van der Waals surface area contributed by atoms with Crippen LogP contribution in [0, 0.1) is 23.6 Å². The van der Waals surface area contributed by atoms with Crippen molar-refractivity contribution in [3.63, 3.8) is 0 Å². The van der Waals surface area contributed by atoms with Gasteiger partial charge in [0.1, 0.15) is 12.4 Å². The molecule has 4 rings (SSSR count). The SMILES string of the molecule is COC[C@@H]1C2CN(c3ccc(F)cc3NC(=O)OCc3ccccc3)C[C@@H]21. The number of fused-ring (bicyclic) bond motifs is 1. The van der Waals surface area contributed by atoms with Crippen molar-refractivity contribution in [1.29, 1.82) is 0 Å². The molecule has 1 amide bonds. The van der Waals surface area contributed by atoms with Crippen molar-refractivity contribution in [2.45, 2.75) is 6.61 Å². The molecule has 0 aromatic heterocycles. The van der Waals surface area contributed by atoms with Crippen molar-refractivity contribution in [3.8, 4) is 0 Å². The minimum atomic E-state index is -0.590. The first kappa shape index (κ1) is 17.8. The van der Waals surface area contributed by atoms with Crippen LogP contribution in [-0.2, 0) is 16.1 Å². The first-order chi connectivity index (χ1) is 13.2. The number of carbonyl (C=O) groups excluding carboxylic acids is 1. The van der Waals surface area contributed by atoms with Crippen molar-refractivity contribution >= 4 is 17.5 Å². The highest BCUT2D eigenvalue weighted by atomic mass is 19.1. The van der Waals surface area contributed by atoms with Gasteiger partial charge in [0.2, 0.25) is 0 Å². The Morgan fingerprint density at radius 3 is 2.63 bits per heavy atom. The van der Waals surface area contributed by atoms with E-state index in [1.165, 1.54) is 12.1 Å². The van der Waals surface area contributed by atoms with Crippen molar-refractivity contribution in [2.24, 2.45) is 17.8 Å². The standard InChI is InChI=1S/C21H23FN2O3/c1-26-13-18-16-10-24(11-17(16)18)20-8-7-15(22)9-19(20)23-21(25)27-12-14-5-3-2-4-6-14/h2-9,16-18H,10-13H2,1H3,(H,23,25)/t16-,17?,18-/m0/s1. The second-order valence-corrected chi connectivity index (χ2v) is 7.20. The third-order valence-corrected chi connectivity index (χ3v) is 5.48. The lowest BCUT2D eigenvalue weighted by Gasteiger charge is -2.24. The van der Waals surface area contributed by atoms with Crippen molar-refractivity contribution in [2.75, 3.05) is 37.0 Å². The number of rotatable bonds is 6. The van der Waals surface area contributed by atoms with Crippen LogP contribution >= 0.6 is 0 Å². The van der Waals surface area contributed by atoms with E-state index in [0.717, 1.165) is 30.9 Å². The number of hydrogen-bond acceptors (Lipinski definition) is 4. The lowest BCUT2D eigenvalue weighted by molar-refractivity contribution is 0.155. The van der Waals surface area contributed by atoms with Gasteiger partial charge >= 0.3 is 6.09 Å². The molecule has 5 nitrogen and oxygen atoms in total. The van der Waals surface area contributed by atoms with E-state index in [0.29, 0.717) is 23.4 Å². The monoisotopic (exact) mass is 370 g/mol. The zero-order valence-electron chi connectivity index (χ0n) is 15.2. The van der Waals surface area contributed by atoms with Gasteiger partial charge in [-0.2, -0.15) is 0 Å². The number of amides is 1. The molecular formula is C21H23FN2O3. The largest absolute Gasteiger partial charge is 0.444 e. The summed E-state index contributed by atoms with van der Waals surface area (Å²) in [6, 6.07) is 13.9. The zero-order chi connectivity index (χ0) is 18.8. The molecule has 1 heterocycles. The van der Waals surface area contributed by atoms with Crippen LogP contribution in [0.1, 0.15) is 5.56 Å². The van der Waals surface area contributed by atoms with Gasteiger partial charge in [0, 0.05) is 26.8 Å². The quantitative estimate of drug-likeness (QED) is 0.838. The number of carbonyl (C=O) groups is 1. The van der Waals surface area contributed by atoms with Crippen LogP contribution in [0.5, 0.6) is 0 Å². The van der Waals surface area contributed by atoms with Crippen LogP contribution in [0.2, 0.25) is 0 Å². The van der Waals surface area contributed by atoms with Gasteiger partial charge in [-0.25, -0.2) is 9.18 Å². The Balaban J connectivity index is 1.39. The number of methoxy groups -OCH3 is 1. The van der Waals surface area contributed by atoms with Crippen LogP contribution in [0.15, 0.2) is 48.5 Å². The number of nitrogens with one attached hydrogen (secondary N) is 1. The number of hydrogen-bond donors (Lipinski definition) is 1. The van der Waals surface area contributed by atoms with Crippen LogP contribution < -0.4 is 10.2 Å². The van der Waals surface area contributed by atoms with Gasteiger partial charge in [-0.05, 0) is 41.5 Å². The predicted molar refractivity (Wildman–Crippen MR) is 101 cm³/mol. The minimum Gasteiger partial charge on any atom is -0.444 e. The number of anilines is 2. The van der Waals surface area contributed by atoms with Gasteiger partial charge in [-0.15, -0.1) is 0 Å². The first-order valence-corrected chi connectivity index (χ1v) is 9.17. The number of halogens is 1. The maximum atomic E-state index is 13.8. The predicted octanol–water partition coefficient (Wildman–Crippen LogP) is 3.90. The summed E-state index contributed by atoms with van der Waals surface area (Å²) in [6.45, 7) is 2.77. The molecule has 1 saturated heterocycles. The number of ether oxygens (including phenoxy) is 2. The summed E-state index contributed by atoms with van der Waals surface area (Å²) in [5.74, 6) is 1.47. The summed E-state index contributed by atoms with van der Waals surface area (Å²) >= 11 is 0. The molecule has 2 aromatic carbocycles. The Labute approximate surface area is 158 Å². The fraction of sp³-hybridized carbons (Fsp3) is 0.381. The van der Waals surface area contributed by atoms with E-state index in [4.69, 9.17) is 9.47 Å². The second-order valence-electron chi connectivity index (χ2n) is 7.20. The summed E-state index contributed by atoms with van der Waals surface area (Å²) in [6.07, 6.45) is -0.590. The van der Waals surface area contributed by atoms with Crippen molar-refractivity contribution in [3.05, 3.63) is 59.9 Å². The molecule has 2 fully saturated rings. The second kappa shape index (κ2) is 7.56. The molecule has 2 aliphatic rings. The summed E-state index contributed by atoms with van der Waals surface area (Å²) in [5.41, 5.74) is 2.17. The Hall–Kier alpha value is -2.60. The Bertz CT molecular complexity index is 802. The molecule has 0 bridgehead atoms. The fourth-order valence-electron chi connectivity index (χ4n) is 4.04. The Kier molecular flexibility index (Phi) is 4.99. The molecule has 142 valence electrons. The van der Waals surface area contributed by atoms with E-state index in [1.807, 2.05) is 30.3 Å². The van der Waals surface area contributed by atoms with E-state index >= 15 is 0 Å². The molecule has 2 aromatic rings. The Morgan fingerprint density at radius 2 is 1.93 bits per heavy atom. The molecular weight excluding hydrogens is 347 g/mol. The topological polar surface area (TPSA) is 50.8 Å². The van der Waals surface area contributed by atoms with E-state index in [-0.39, 0.29) is 6.61 Å². The maximum Gasteiger partial charge on any atom is 0.412 e. The molecule has 0 radical (unpaired) electrons. The van der Waals surface area contributed by atoms with Gasteiger partial charge in [-0.1, -0.05) is 30.3 Å². The maximum absolute atomic E-state index is 13.8. The van der Waals surface area contributed by atoms with E-state index in [1.54, 1.807) is 13.2 Å². The molecule has 1 aliphatic heterocycles. The Morgan fingerprint density at radius 1 is 1.19 bits per heavy atom. The normalized spacial score (nSPS) is 23.0. The molecule has 1 aliphatic carbocycles. The molecule has 3 atom stereocenters. The number of piperidine rings is 1. The lowest BCUT2D eigenvalue weighted by Crippen LogP contribution is -2.26. The summed E-state index contributed by atoms with van der Waals surface area (Å²) in [4.78, 5) is 14.4. The van der Waals surface area contributed by atoms with Gasteiger partial charge in [0.25, 0.3) is 0 Å². The van der Waals surface area contributed by atoms with Gasteiger partial charge in [0.15, 0.2) is 0 Å². The van der Waals surface area contributed by atoms with Crippen LogP contribution in [0.25, 0.3) is 0 Å². The molecule has 0 spiro atoms. The van der Waals surface area contributed by atoms with Gasteiger partial charge in [0.05, 0.1) is 11.4 Å². The van der Waals surface area contributed by atoms with Crippen molar-refractivity contribution < 1.29 is 18.7 Å². The van der Waals surface area contributed by atoms with Crippen molar-refractivity contribution in [1.82, 2.24) is 0 Å². The van der Waals surface area contributed by atoms with Gasteiger partial charge in [-0.3, -0.25) is 5.32 Å². The molecule has 6 heteroatoms. The molecule has 1 N–H and O–H groups in total. The van der Waals surface area contributed by atoms with Crippen LogP contribution in [-0.4, -0.2) is 32.9 Å². The third-order valence-electron chi connectivity index (χ3n) is 5.48. The highest BCUT2D eigenvalue weighted by molar-refractivity contribution is 5.89. The fourth-order valence-corrected chi connectivity index (χ4v) is 4.04. The van der Waals surface area contributed by atoms with Gasteiger partial charge < -0.3 is 14.4 Å². The highest BCUT2D eigenvalue weighted by Gasteiger charge is 2.55. The average molecular weight is 370 g/mol. The average Bonchev–Trinajstić information content (AvgIpc) is 3.11. The van der Waals surface area contributed by atoms with Crippen LogP contribution in [0.4, 0.5) is 20.6 Å². The molecule has 1 saturated carbocycles. The number of benzene rings is 2. The van der Waals surface area contributed by atoms with E-state index in [9.17, 15) is 9.18 Å². The number of nitrogens with zero attached hydrogens (tertiary/aromatic N) is 1. The molecule has 1 unspecified atom stereocenters. The molecule has 27 heavy (non-hydrogen) atoms. The zero-order valence-corrected chi connectivity index (χ0v) is 15.2. The highest BCUT2D eigenvalue weighted by Crippen LogP contribution is 2.53. The lowest BCUT2D eigenvalue weighted by atomic mass is 10.2. The summed E-state index contributed by atoms with van der Waals surface area (Å²) < 4.78 is 24.3.